The van der Waals surface area contributed by atoms with Crippen molar-refractivity contribution in [1.82, 2.24) is 0 Å². The van der Waals surface area contributed by atoms with Gasteiger partial charge in [0.25, 0.3) is 11.7 Å². The molecular weight excluding hydrogens is 430 g/mol. The first-order valence-electron chi connectivity index (χ1n) is 9.16. The monoisotopic (exact) mass is 447 g/mol. The van der Waals surface area contributed by atoms with Crippen LogP contribution in [-0.4, -0.2) is 16.8 Å². The number of anilines is 1. The minimum atomic E-state index is -0.717. The normalized spacial score (nSPS) is 18.3. The van der Waals surface area contributed by atoms with Gasteiger partial charge in [0.2, 0.25) is 0 Å². The van der Waals surface area contributed by atoms with Crippen molar-refractivity contribution in [2.45, 2.75) is 13.0 Å². The van der Waals surface area contributed by atoms with Crippen LogP contribution in [0.3, 0.4) is 0 Å². The van der Waals surface area contributed by atoms with Gasteiger partial charge in [-0.25, -0.2) is 0 Å². The molecule has 1 fully saturated rings. The fourth-order valence-electron chi connectivity index (χ4n) is 3.52. The molecular formula is C24H18BrNO3. The molecule has 29 heavy (non-hydrogen) atoms. The molecule has 1 amide bonds. The molecule has 1 aliphatic rings. The van der Waals surface area contributed by atoms with E-state index in [0.29, 0.717) is 11.3 Å². The van der Waals surface area contributed by atoms with Gasteiger partial charge in [0, 0.05) is 15.7 Å². The molecule has 1 atom stereocenters. The topological polar surface area (TPSA) is 57.6 Å². The van der Waals surface area contributed by atoms with Crippen LogP contribution >= 0.6 is 15.9 Å². The number of aryl methyl sites for hydroxylation is 1. The Balaban J connectivity index is 1.94. The Labute approximate surface area is 177 Å². The Kier molecular flexibility index (Phi) is 5.07. The Bertz CT molecular complexity index is 1100. The lowest BCUT2D eigenvalue weighted by Crippen LogP contribution is -2.29. The van der Waals surface area contributed by atoms with Gasteiger partial charge in [-0.2, -0.15) is 0 Å². The summed E-state index contributed by atoms with van der Waals surface area (Å²) in [6, 6.07) is 22.9. The fraction of sp³-hybridized carbons (Fsp3) is 0.0833. The maximum atomic E-state index is 13.0. The van der Waals surface area contributed by atoms with Crippen molar-refractivity contribution in [2.75, 3.05) is 4.90 Å². The number of rotatable bonds is 3. The first kappa shape index (κ1) is 19.2. The first-order chi connectivity index (χ1) is 14.0. The van der Waals surface area contributed by atoms with Crippen molar-refractivity contribution in [3.05, 3.63) is 106 Å². The van der Waals surface area contributed by atoms with Crippen molar-refractivity contribution in [2.24, 2.45) is 0 Å². The molecule has 0 saturated carbocycles. The summed E-state index contributed by atoms with van der Waals surface area (Å²) in [4.78, 5) is 27.5. The highest BCUT2D eigenvalue weighted by atomic mass is 79.9. The first-order valence-corrected chi connectivity index (χ1v) is 9.95. The van der Waals surface area contributed by atoms with E-state index in [2.05, 4.69) is 15.9 Å². The summed E-state index contributed by atoms with van der Waals surface area (Å²) in [5, 5.41) is 11.0. The Morgan fingerprint density at radius 3 is 2.14 bits per heavy atom. The molecule has 4 nitrogen and oxygen atoms in total. The number of nitrogens with zero attached hydrogens (tertiary/aromatic N) is 1. The van der Waals surface area contributed by atoms with Crippen LogP contribution in [0, 0.1) is 6.92 Å². The molecule has 4 rings (SSSR count). The van der Waals surface area contributed by atoms with Gasteiger partial charge in [-0.1, -0.05) is 76.1 Å². The summed E-state index contributed by atoms with van der Waals surface area (Å²) >= 11 is 3.42. The largest absolute Gasteiger partial charge is 0.507 e. The number of carbonyl (C=O) groups is 2. The highest BCUT2D eigenvalue weighted by Crippen LogP contribution is 2.42. The summed E-state index contributed by atoms with van der Waals surface area (Å²) in [6.45, 7) is 1.96. The number of hydrogen-bond acceptors (Lipinski definition) is 3. The van der Waals surface area contributed by atoms with E-state index in [0.717, 1.165) is 15.6 Å². The van der Waals surface area contributed by atoms with Crippen LogP contribution in [0.2, 0.25) is 0 Å². The number of aliphatic hydroxyl groups is 1. The van der Waals surface area contributed by atoms with Crippen LogP contribution in [0.25, 0.3) is 5.76 Å². The van der Waals surface area contributed by atoms with Gasteiger partial charge in [0.1, 0.15) is 5.76 Å². The maximum Gasteiger partial charge on any atom is 0.300 e. The van der Waals surface area contributed by atoms with Crippen LogP contribution in [0.1, 0.15) is 22.7 Å². The standard InChI is InChI=1S/C24H18BrNO3/c1-15-7-13-19(14-8-15)26-21(16-9-11-18(25)12-10-16)20(23(28)24(26)29)22(27)17-5-3-2-4-6-17/h2-14,21,27H,1H3. The van der Waals surface area contributed by atoms with Crippen molar-refractivity contribution >= 4 is 39.1 Å². The highest BCUT2D eigenvalue weighted by Gasteiger charge is 2.46. The predicted octanol–water partition coefficient (Wildman–Crippen LogP) is 5.38. The molecule has 144 valence electrons. The molecule has 1 N–H and O–H groups in total. The van der Waals surface area contributed by atoms with E-state index in [1.54, 1.807) is 24.3 Å². The second kappa shape index (κ2) is 7.68. The lowest BCUT2D eigenvalue weighted by atomic mass is 9.95. The lowest BCUT2D eigenvalue weighted by Gasteiger charge is -2.25. The van der Waals surface area contributed by atoms with Crippen molar-refractivity contribution in [3.8, 4) is 0 Å². The van der Waals surface area contributed by atoms with E-state index in [-0.39, 0.29) is 11.3 Å². The van der Waals surface area contributed by atoms with Crippen molar-refractivity contribution < 1.29 is 14.7 Å². The number of aliphatic hydroxyl groups excluding tert-OH is 1. The molecule has 1 heterocycles. The van der Waals surface area contributed by atoms with Gasteiger partial charge in [0.05, 0.1) is 11.6 Å². The van der Waals surface area contributed by atoms with E-state index >= 15 is 0 Å². The summed E-state index contributed by atoms with van der Waals surface area (Å²) in [5.41, 5.74) is 2.98. The van der Waals surface area contributed by atoms with Gasteiger partial charge < -0.3 is 5.11 Å². The summed E-state index contributed by atoms with van der Waals surface area (Å²) in [6.07, 6.45) is 0. The number of hydrogen-bond donors (Lipinski definition) is 1. The Hall–Kier alpha value is -3.18. The van der Waals surface area contributed by atoms with Crippen LogP contribution in [-0.2, 0) is 9.59 Å². The van der Waals surface area contributed by atoms with Crippen LogP contribution in [0.5, 0.6) is 0 Å². The smallest absolute Gasteiger partial charge is 0.300 e. The second-order valence-corrected chi connectivity index (χ2v) is 7.84. The third-order valence-corrected chi connectivity index (χ3v) is 5.52. The third kappa shape index (κ3) is 3.49. The molecule has 1 saturated heterocycles. The Morgan fingerprint density at radius 1 is 0.897 bits per heavy atom. The summed E-state index contributed by atoms with van der Waals surface area (Å²) in [7, 11) is 0. The number of amides is 1. The van der Waals surface area contributed by atoms with E-state index in [4.69, 9.17) is 0 Å². The number of ketones is 1. The third-order valence-electron chi connectivity index (χ3n) is 4.99. The molecule has 0 radical (unpaired) electrons. The number of carbonyl (C=O) groups excluding carboxylic acids is 2. The van der Waals surface area contributed by atoms with Gasteiger partial charge >= 0.3 is 0 Å². The number of halogens is 1. The van der Waals surface area contributed by atoms with Gasteiger partial charge in [0.15, 0.2) is 0 Å². The van der Waals surface area contributed by atoms with E-state index in [1.807, 2.05) is 61.5 Å². The van der Waals surface area contributed by atoms with Gasteiger partial charge in [-0.05, 0) is 36.8 Å². The number of benzene rings is 3. The van der Waals surface area contributed by atoms with Crippen LogP contribution in [0.15, 0.2) is 88.9 Å². The number of Topliss-reactive ketones (excluding diaryl/α,β-unsaturated/α-hetero) is 1. The van der Waals surface area contributed by atoms with Gasteiger partial charge in [-0.15, -0.1) is 0 Å². The molecule has 5 heteroatoms. The van der Waals surface area contributed by atoms with E-state index in [1.165, 1.54) is 4.90 Å². The fourth-order valence-corrected chi connectivity index (χ4v) is 3.78. The Morgan fingerprint density at radius 2 is 1.52 bits per heavy atom. The molecule has 0 aromatic heterocycles. The average Bonchev–Trinajstić information content (AvgIpc) is 3.00. The SMILES string of the molecule is Cc1ccc(N2C(=O)C(=O)C(=C(O)c3ccccc3)C2c2ccc(Br)cc2)cc1. The zero-order chi connectivity index (χ0) is 20.5. The molecule has 3 aromatic carbocycles. The molecule has 3 aromatic rings. The van der Waals surface area contributed by atoms with Crippen molar-refractivity contribution in [1.29, 1.82) is 0 Å². The van der Waals surface area contributed by atoms with Crippen LogP contribution < -0.4 is 4.90 Å². The summed E-state index contributed by atoms with van der Waals surface area (Å²) in [5.74, 6) is -1.52. The quantitative estimate of drug-likeness (QED) is 0.332. The molecule has 0 aliphatic carbocycles. The molecule has 0 bridgehead atoms. The molecule has 1 unspecified atom stereocenters. The van der Waals surface area contributed by atoms with Crippen LogP contribution in [0.4, 0.5) is 5.69 Å². The minimum absolute atomic E-state index is 0.0871. The summed E-state index contributed by atoms with van der Waals surface area (Å²) < 4.78 is 0.886. The average molecular weight is 448 g/mol. The minimum Gasteiger partial charge on any atom is -0.507 e. The second-order valence-electron chi connectivity index (χ2n) is 6.92. The highest BCUT2D eigenvalue weighted by molar-refractivity contribution is 9.10. The predicted molar refractivity (Wildman–Crippen MR) is 117 cm³/mol. The van der Waals surface area contributed by atoms with E-state index < -0.39 is 17.7 Å². The van der Waals surface area contributed by atoms with Crippen molar-refractivity contribution in [3.63, 3.8) is 0 Å². The maximum absolute atomic E-state index is 13.0. The molecule has 1 aliphatic heterocycles. The zero-order valence-corrected chi connectivity index (χ0v) is 17.3. The van der Waals surface area contributed by atoms with E-state index in [9.17, 15) is 14.7 Å². The van der Waals surface area contributed by atoms with Gasteiger partial charge in [-0.3, -0.25) is 14.5 Å². The zero-order valence-electron chi connectivity index (χ0n) is 15.7. The molecule has 0 spiro atoms. The lowest BCUT2D eigenvalue weighted by molar-refractivity contribution is -0.132.